The van der Waals surface area contributed by atoms with Crippen molar-refractivity contribution in [3.63, 3.8) is 0 Å². The molecule has 0 spiro atoms. The number of hydrogen-bond donors (Lipinski definition) is 0. The Morgan fingerprint density at radius 3 is 3.16 bits per heavy atom. The van der Waals surface area contributed by atoms with Crippen molar-refractivity contribution in [2.45, 2.75) is 19.3 Å². The Morgan fingerprint density at radius 1 is 1.42 bits per heavy atom. The highest BCUT2D eigenvalue weighted by atomic mass is 35.5. The number of alkyl halides is 1. The zero-order valence-electron chi connectivity index (χ0n) is 11.2. The van der Waals surface area contributed by atoms with Gasteiger partial charge in [-0.2, -0.15) is 0 Å². The van der Waals surface area contributed by atoms with Crippen LogP contribution in [0, 0.1) is 5.92 Å². The molecule has 0 radical (unpaired) electrons. The lowest BCUT2D eigenvalue weighted by Gasteiger charge is -2.33. The van der Waals surface area contributed by atoms with Gasteiger partial charge < -0.3 is 9.47 Å². The predicted octanol–water partition coefficient (Wildman–Crippen LogP) is 2.81. The maximum Gasteiger partial charge on any atom is 0.156 e. The Kier molecular flexibility index (Phi) is 3.60. The van der Waals surface area contributed by atoms with Gasteiger partial charge in [-0.15, -0.1) is 11.6 Å². The third kappa shape index (κ3) is 2.41. The molecule has 0 bridgehead atoms. The molecule has 0 N–H and O–H groups in total. The van der Waals surface area contributed by atoms with E-state index in [0.29, 0.717) is 5.92 Å². The van der Waals surface area contributed by atoms with E-state index < -0.39 is 0 Å². The molecule has 19 heavy (non-hydrogen) atoms. The third-order valence-electron chi connectivity index (χ3n) is 3.96. The molecular weight excluding hydrogens is 260 g/mol. The van der Waals surface area contributed by atoms with Crippen LogP contribution in [-0.2, 0) is 7.05 Å². The summed E-state index contributed by atoms with van der Waals surface area (Å²) < 4.78 is 2.04. The minimum Gasteiger partial charge on any atom is -0.354 e. The van der Waals surface area contributed by atoms with E-state index in [-0.39, 0.29) is 0 Å². The normalized spacial score (nSPS) is 20.1. The van der Waals surface area contributed by atoms with E-state index >= 15 is 0 Å². The van der Waals surface area contributed by atoms with E-state index in [1.807, 2.05) is 30.2 Å². The van der Waals surface area contributed by atoms with Crippen LogP contribution in [-0.4, -0.2) is 33.5 Å². The molecule has 1 atom stereocenters. The van der Waals surface area contributed by atoms with E-state index in [9.17, 15) is 0 Å². The summed E-state index contributed by atoms with van der Waals surface area (Å²) in [7, 11) is 2.02. The second kappa shape index (κ2) is 5.37. The SMILES string of the molecule is Cn1cnc2c(N3CCCC(CCCl)C3)nccc21. The van der Waals surface area contributed by atoms with Crippen molar-refractivity contribution >= 4 is 28.5 Å². The van der Waals surface area contributed by atoms with Gasteiger partial charge in [0.2, 0.25) is 0 Å². The Hall–Kier alpha value is -1.29. The lowest BCUT2D eigenvalue weighted by molar-refractivity contribution is 0.405. The predicted molar refractivity (Wildman–Crippen MR) is 78.8 cm³/mol. The molecule has 5 heteroatoms. The summed E-state index contributed by atoms with van der Waals surface area (Å²) in [5.74, 6) is 2.46. The molecule has 0 amide bonds. The number of anilines is 1. The number of pyridine rings is 1. The smallest absolute Gasteiger partial charge is 0.156 e. The number of nitrogens with zero attached hydrogens (tertiary/aromatic N) is 4. The minimum absolute atomic E-state index is 0.687. The van der Waals surface area contributed by atoms with Crippen LogP contribution in [0.1, 0.15) is 19.3 Å². The molecule has 102 valence electrons. The third-order valence-corrected chi connectivity index (χ3v) is 4.18. The fourth-order valence-electron chi connectivity index (χ4n) is 2.93. The Balaban J connectivity index is 1.91. The van der Waals surface area contributed by atoms with Crippen molar-refractivity contribution in [1.29, 1.82) is 0 Å². The molecule has 1 aliphatic heterocycles. The van der Waals surface area contributed by atoms with Crippen LogP contribution in [0.25, 0.3) is 11.0 Å². The maximum atomic E-state index is 5.88. The first-order valence-electron chi connectivity index (χ1n) is 6.86. The zero-order valence-corrected chi connectivity index (χ0v) is 12.0. The Morgan fingerprint density at radius 2 is 2.32 bits per heavy atom. The van der Waals surface area contributed by atoms with E-state index in [2.05, 4.69) is 14.9 Å². The monoisotopic (exact) mass is 278 g/mol. The molecule has 3 rings (SSSR count). The second-order valence-corrected chi connectivity index (χ2v) is 5.67. The summed E-state index contributed by atoms with van der Waals surface area (Å²) in [6, 6.07) is 2.02. The molecule has 3 heterocycles. The second-order valence-electron chi connectivity index (χ2n) is 5.29. The van der Waals surface area contributed by atoms with Gasteiger partial charge in [-0.1, -0.05) is 0 Å². The number of hydrogen-bond acceptors (Lipinski definition) is 3. The summed E-state index contributed by atoms with van der Waals surface area (Å²) in [6.07, 6.45) is 7.32. The Bertz CT molecular complexity index is 564. The molecule has 0 aliphatic carbocycles. The first kappa shape index (κ1) is 12.7. The van der Waals surface area contributed by atoms with Crippen molar-refractivity contribution in [2.75, 3.05) is 23.9 Å². The highest BCUT2D eigenvalue weighted by Crippen LogP contribution is 2.28. The van der Waals surface area contributed by atoms with Crippen LogP contribution in [0.4, 0.5) is 5.82 Å². The zero-order chi connectivity index (χ0) is 13.2. The van der Waals surface area contributed by atoms with Gasteiger partial charge in [0.25, 0.3) is 0 Å². The van der Waals surface area contributed by atoms with Crippen LogP contribution in [0.5, 0.6) is 0 Å². The van der Waals surface area contributed by atoms with Crippen molar-refractivity contribution in [2.24, 2.45) is 13.0 Å². The van der Waals surface area contributed by atoms with Crippen molar-refractivity contribution in [3.8, 4) is 0 Å². The molecule has 4 nitrogen and oxygen atoms in total. The molecule has 1 unspecified atom stereocenters. The number of fused-ring (bicyclic) bond motifs is 1. The van der Waals surface area contributed by atoms with Crippen molar-refractivity contribution in [1.82, 2.24) is 14.5 Å². The van der Waals surface area contributed by atoms with Gasteiger partial charge in [0, 0.05) is 32.2 Å². The fraction of sp³-hybridized carbons (Fsp3) is 0.571. The molecule has 2 aromatic rings. The number of aryl methyl sites for hydroxylation is 1. The van der Waals surface area contributed by atoms with Crippen molar-refractivity contribution in [3.05, 3.63) is 18.6 Å². The van der Waals surface area contributed by atoms with Crippen LogP contribution in [0.3, 0.4) is 0 Å². The van der Waals surface area contributed by atoms with Gasteiger partial charge >= 0.3 is 0 Å². The highest BCUT2D eigenvalue weighted by Gasteiger charge is 2.22. The van der Waals surface area contributed by atoms with Gasteiger partial charge in [-0.05, 0) is 31.2 Å². The number of piperidine rings is 1. The molecule has 0 aromatic carbocycles. The molecule has 1 fully saturated rings. The van der Waals surface area contributed by atoms with Gasteiger partial charge in [-0.3, -0.25) is 0 Å². The van der Waals surface area contributed by atoms with E-state index in [1.165, 1.54) is 12.8 Å². The molecule has 1 saturated heterocycles. The summed E-state index contributed by atoms with van der Waals surface area (Å²) in [4.78, 5) is 11.4. The van der Waals surface area contributed by atoms with Gasteiger partial charge in [0.1, 0.15) is 5.52 Å². The number of aromatic nitrogens is 3. The van der Waals surface area contributed by atoms with Crippen LogP contribution < -0.4 is 4.90 Å². The summed E-state index contributed by atoms with van der Waals surface area (Å²) >= 11 is 5.88. The van der Waals surface area contributed by atoms with E-state index in [1.54, 1.807) is 0 Å². The average molecular weight is 279 g/mol. The standard InChI is InChI=1S/C14H19ClN4/c1-18-10-17-13-12(18)5-7-16-14(13)19-8-2-3-11(9-19)4-6-15/h5,7,10-11H,2-4,6,8-9H2,1H3. The number of rotatable bonds is 3. The summed E-state index contributed by atoms with van der Waals surface area (Å²) in [5.41, 5.74) is 2.15. The number of halogens is 1. The van der Waals surface area contributed by atoms with Crippen molar-refractivity contribution < 1.29 is 0 Å². The van der Waals surface area contributed by atoms with Gasteiger partial charge in [0.15, 0.2) is 5.82 Å². The van der Waals surface area contributed by atoms with E-state index in [0.717, 1.165) is 42.2 Å². The van der Waals surface area contributed by atoms with E-state index in [4.69, 9.17) is 11.6 Å². The van der Waals surface area contributed by atoms with Gasteiger partial charge in [0.05, 0.1) is 11.8 Å². The van der Waals surface area contributed by atoms with Crippen LogP contribution in [0.2, 0.25) is 0 Å². The first-order chi connectivity index (χ1) is 9.29. The van der Waals surface area contributed by atoms with Gasteiger partial charge in [-0.25, -0.2) is 9.97 Å². The fourth-order valence-corrected chi connectivity index (χ4v) is 3.24. The lowest BCUT2D eigenvalue weighted by atomic mass is 9.95. The molecule has 0 saturated carbocycles. The highest BCUT2D eigenvalue weighted by molar-refractivity contribution is 6.17. The van der Waals surface area contributed by atoms with Crippen LogP contribution >= 0.6 is 11.6 Å². The molecule has 1 aliphatic rings. The largest absolute Gasteiger partial charge is 0.354 e. The summed E-state index contributed by atoms with van der Waals surface area (Å²) in [5, 5.41) is 0. The molecular formula is C14H19ClN4. The quantitative estimate of drug-likeness (QED) is 0.810. The first-order valence-corrected chi connectivity index (χ1v) is 7.40. The number of imidazole rings is 1. The van der Waals surface area contributed by atoms with Crippen LogP contribution in [0.15, 0.2) is 18.6 Å². The average Bonchev–Trinajstić information content (AvgIpc) is 2.81. The topological polar surface area (TPSA) is 34.0 Å². The Labute approximate surface area is 118 Å². The maximum absolute atomic E-state index is 5.88. The minimum atomic E-state index is 0.687. The molecule has 2 aromatic heterocycles. The summed E-state index contributed by atoms with van der Waals surface area (Å²) in [6.45, 7) is 2.12. The lowest BCUT2D eigenvalue weighted by Crippen LogP contribution is -2.36.